The lowest BCUT2D eigenvalue weighted by Crippen LogP contribution is -2.35. The average molecular weight is 278 g/mol. The average Bonchev–Trinajstić information content (AvgIpc) is 2.36. The number of rotatable bonds is 7. The molecule has 0 saturated heterocycles. The molecule has 0 bridgehead atoms. The predicted molar refractivity (Wildman–Crippen MR) is 82.7 cm³/mol. The van der Waals surface area contributed by atoms with Gasteiger partial charge >= 0.3 is 5.97 Å². The van der Waals surface area contributed by atoms with E-state index in [-0.39, 0.29) is 12.1 Å². The molecule has 2 unspecified atom stereocenters. The second-order valence-corrected chi connectivity index (χ2v) is 5.78. The van der Waals surface area contributed by atoms with Crippen molar-refractivity contribution in [3.05, 3.63) is 29.8 Å². The van der Waals surface area contributed by atoms with Crippen molar-refractivity contribution in [2.24, 2.45) is 5.92 Å². The largest absolute Gasteiger partial charge is 0.458 e. The molecule has 4 heteroatoms. The molecule has 1 rings (SSSR count). The van der Waals surface area contributed by atoms with E-state index in [4.69, 9.17) is 10.5 Å². The fourth-order valence-electron chi connectivity index (χ4n) is 2.07. The van der Waals surface area contributed by atoms with Crippen LogP contribution in [0.1, 0.15) is 44.5 Å². The predicted octanol–water partition coefficient (Wildman–Crippen LogP) is 2.84. The van der Waals surface area contributed by atoms with Gasteiger partial charge in [0.2, 0.25) is 0 Å². The Balaban J connectivity index is 2.36. The van der Waals surface area contributed by atoms with E-state index >= 15 is 0 Å². The maximum absolute atomic E-state index is 11.9. The Morgan fingerprint density at radius 3 is 2.35 bits per heavy atom. The number of nitrogen functional groups attached to an aromatic ring is 1. The Kier molecular flexibility index (Phi) is 6.52. The second kappa shape index (κ2) is 7.90. The van der Waals surface area contributed by atoms with Crippen LogP contribution in [0, 0.1) is 5.92 Å². The molecule has 2 atom stereocenters. The number of anilines is 1. The van der Waals surface area contributed by atoms with Crippen LogP contribution in [0.4, 0.5) is 5.69 Å². The van der Waals surface area contributed by atoms with Crippen molar-refractivity contribution in [2.45, 2.75) is 46.3 Å². The zero-order chi connectivity index (χ0) is 15.1. The molecular weight excluding hydrogens is 252 g/mol. The third-order valence-electron chi connectivity index (χ3n) is 3.03. The van der Waals surface area contributed by atoms with Gasteiger partial charge in [-0.05, 0) is 50.5 Å². The molecule has 0 heterocycles. The zero-order valence-electron chi connectivity index (χ0n) is 12.8. The van der Waals surface area contributed by atoms with E-state index in [1.54, 1.807) is 24.3 Å². The van der Waals surface area contributed by atoms with Crippen molar-refractivity contribution >= 4 is 11.7 Å². The van der Waals surface area contributed by atoms with Crippen LogP contribution in [-0.4, -0.2) is 24.7 Å². The van der Waals surface area contributed by atoms with Crippen LogP contribution in [0.3, 0.4) is 0 Å². The molecule has 0 saturated carbocycles. The fourth-order valence-corrected chi connectivity index (χ4v) is 2.07. The molecule has 0 fully saturated rings. The van der Waals surface area contributed by atoms with Gasteiger partial charge < -0.3 is 15.8 Å². The lowest BCUT2D eigenvalue weighted by atomic mass is 10.1. The normalized spacial score (nSPS) is 14.1. The highest BCUT2D eigenvalue weighted by molar-refractivity contribution is 5.89. The lowest BCUT2D eigenvalue weighted by Gasteiger charge is -2.19. The van der Waals surface area contributed by atoms with E-state index in [0.717, 1.165) is 6.42 Å². The Labute approximate surface area is 121 Å². The molecule has 0 radical (unpaired) electrons. The number of ether oxygens (including phenoxy) is 1. The number of hydrogen-bond donors (Lipinski definition) is 2. The van der Waals surface area contributed by atoms with E-state index in [9.17, 15) is 4.79 Å². The van der Waals surface area contributed by atoms with Gasteiger partial charge in [-0.3, -0.25) is 0 Å². The van der Waals surface area contributed by atoms with E-state index in [1.165, 1.54) is 0 Å². The van der Waals surface area contributed by atoms with Crippen LogP contribution in [0.5, 0.6) is 0 Å². The van der Waals surface area contributed by atoms with Crippen LogP contribution < -0.4 is 11.1 Å². The number of esters is 1. The quantitative estimate of drug-likeness (QED) is 0.594. The Hall–Kier alpha value is -1.55. The fraction of sp³-hybridized carbons (Fsp3) is 0.562. The van der Waals surface area contributed by atoms with Crippen LogP contribution in [0.2, 0.25) is 0 Å². The first-order valence-corrected chi connectivity index (χ1v) is 7.18. The lowest BCUT2D eigenvalue weighted by molar-refractivity contribution is 0.0336. The van der Waals surface area contributed by atoms with Gasteiger partial charge in [-0.25, -0.2) is 4.79 Å². The van der Waals surface area contributed by atoms with Gasteiger partial charge in [0.1, 0.15) is 6.10 Å². The minimum absolute atomic E-state index is 0.158. The van der Waals surface area contributed by atoms with Gasteiger partial charge in [0, 0.05) is 18.3 Å². The standard InChI is InChI=1S/C16H26N2O2/c1-11(2)9-12(3)18-10-13(4)20-16(19)14-5-7-15(17)8-6-14/h5-8,11-13,18H,9-10,17H2,1-4H3. The zero-order valence-corrected chi connectivity index (χ0v) is 12.8. The number of nitrogens with two attached hydrogens (primary N) is 1. The Morgan fingerprint density at radius 2 is 1.80 bits per heavy atom. The molecule has 0 aromatic heterocycles. The van der Waals surface area contributed by atoms with Crippen molar-refractivity contribution in [3.8, 4) is 0 Å². The molecular formula is C16H26N2O2. The molecule has 3 N–H and O–H groups in total. The maximum atomic E-state index is 11.9. The minimum atomic E-state index is -0.309. The molecule has 0 amide bonds. The summed E-state index contributed by atoms with van der Waals surface area (Å²) in [5.74, 6) is 0.348. The molecule has 0 spiro atoms. The SMILES string of the molecule is CC(C)CC(C)NCC(C)OC(=O)c1ccc(N)cc1. The summed E-state index contributed by atoms with van der Waals surface area (Å²) < 4.78 is 5.39. The maximum Gasteiger partial charge on any atom is 0.338 e. The smallest absolute Gasteiger partial charge is 0.338 e. The number of carbonyl (C=O) groups is 1. The summed E-state index contributed by atoms with van der Waals surface area (Å²) in [4.78, 5) is 11.9. The first kappa shape index (κ1) is 16.5. The van der Waals surface area contributed by atoms with Crippen LogP contribution >= 0.6 is 0 Å². The molecule has 112 valence electrons. The second-order valence-electron chi connectivity index (χ2n) is 5.78. The minimum Gasteiger partial charge on any atom is -0.458 e. The monoisotopic (exact) mass is 278 g/mol. The van der Waals surface area contributed by atoms with Crippen molar-refractivity contribution in [2.75, 3.05) is 12.3 Å². The van der Waals surface area contributed by atoms with Crippen LogP contribution in [0.15, 0.2) is 24.3 Å². The van der Waals surface area contributed by atoms with Gasteiger partial charge in [0.05, 0.1) is 5.56 Å². The van der Waals surface area contributed by atoms with E-state index in [1.807, 2.05) is 6.92 Å². The van der Waals surface area contributed by atoms with E-state index in [2.05, 4.69) is 26.1 Å². The highest BCUT2D eigenvalue weighted by atomic mass is 16.5. The first-order chi connectivity index (χ1) is 9.38. The molecule has 1 aromatic rings. The number of nitrogens with one attached hydrogen (secondary N) is 1. The number of carbonyl (C=O) groups excluding carboxylic acids is 1. The molecule has 0 aliphatic rings. The van der Waals surface area contributed by atoms with Crippen molar-refractivity contribution in [1.29, 1.82) is 0 Å². The van der Waals surface area contributed by atoms with E-state index in [0.29, 0.717) is 29.8 Å². The van der Waals surface area contributed by atoms with Gasteiger partial charge in [0.15, 0.2) is 0 Å². The summed E-state index contributed by atoms with van der Waals surface area (Å²) in [5.41, 5.74) is 6.75. The molecule has 0 aliphatic heterocycles. The molecule has 0 aliphatic carbocycles. The summed E-state index contributed by atoms with van der Waals surface area (Å²) in [6.45, 7) is 9.10. The van der Waals surface area contributed by atoms with Crippen molar-refractivity contribution < 1.29 is 9.53 Å². The van der Waals surface area contributed by atoms with Gasteiger partial charge in [-0.15, -0.1) is 0 Å². The summed E-state index contributed by atoms with van der Waals surface area (Å²) in [5, 5.41) is 3.38. The van der Waals surface area contributed by atoms with Crippen molar-refractivity contribution in [3.63, 3.8) is 0 Å². The summed E-state index contributed by atoms with van der Waals surface area (Å²) >= 11 is 0. The Bertz CT molecular complexity index is 415. The first-order valence-electron chi connectivity index (χ1n) is 7.18. The highest BCUT2D eigenvalue weighted by Gasteiger charge is 2.13. The van der Waals surface area contributed by atoms with Crippen molar-refractivity contribution in [1.82, 2.24) is 5.32 Å². The summed E-state index contributed by atoms with van der Waals surface area (Å²) in [6.07, 6.45) is 0.952. The summed E-state index contributed by atoms with van der Waals surface area (Å²) in [7, 11) is 0. The highest BCUT2D eigenvalue weighted by Crippen LogP contribution is 2.08. The van der Waals surface area contributed by atoms with Gasteiger partial charge in [-0.1, -0.05) is 13.8 Å². The van der Waals surface area contributed by atoms with Gasteiger partial charge in [0.25, 0.3) is 0 Å². The molecule has 1 aromatic carbocycles. The van der Waals surface area contributed by atoms with Crippen LogP contribution in [-0.2, 0) is 4.74 Å². The van der Waals surface area contributed by atoms with E-state index < -0.39 is 0 Å². The Morgan fingerprint density at radius 1 is 1.20 bits per heavy atom. The number of hydrogen-bond acceptors (Lipinski definition) is 4. The third-order valence-corrected chi connectivity index (χ3v) is 3.03. The third kappa shape index (κ3) is 6.06. The van der Waals surface area contributed by atoms with Gasteiger partial charge in [-0.2, -0.15) is 0 Å². The molecule has 4 nitrogen and oxygen atoms in total. The topological polar surface area (TPSA) is 64.3 Å². The summed E-state index contributed by atoms with van der Waals surface area (Å²) in [6, 6.07) is 7.18. The molecule has 20 heavy (non-hydrogen) atoms. The number of benzene rings is 1. The van der Waals surface area contributed by atoms with Crippen LogP contribution in [0.25, 0.3) is 0 Å².